The number of hydrogen-bond acceptors (Lipinski definition) is 6. The first kappa shape index (κ1) is 22.8. The number of nitrogens with zero attached hydrogens (tertiary/aromatic N) is 1. The van der Waals surface area contributed by atoms with Crippen LogP contribution in [0.15, 0.2) is 42.5 Å². The van der Waals surface area contributed by atoms with Crippen molar-refractivity contribution < 1.29 is 19.4 Å². The summed E-state index contributed by atoms with van der Waals surface area (Å²) in [5, 5.41) is 16.9. The molecule has 1 aromatic heterocycles. The van der Waals surface area contributed by atoms with Gasteiger partial charge in [0.1, 0.15) is 10.6 Å². The number of carbonyl (C=O) groups excluding carboxylic acids is 1. The van der Waals surface area contributed by atoms with Gasteiger partial charge in [-0.15, -0.1) is 11.3 Å². The number of carboxylic acids is 1. The van der Waals surface area contributed by atoms with Crippen LogP contribution in [-0.2, 0) is 11.2 Å². The number of carbonyl (C=O) groups is 2. The predicted octanol–water partition coefficient (Wildman–Crippen LogP) is 4.29. The van der Waals surface area contributed by atoms with Crippen molar-refractivity contribution in [1.29, 1.82) is 0 Å². The van der Waals surface area contributed by atoms with Gasteiger partial charge in [0.05, 0.1) is 6.61 Å². The molecule has 1 fully saturated rings. The van der Waals surface area contributed by atoms with E-state index in [0.29, 0.717) is 17.9 Å². The van der Waals surface area contributed by atoms with Crippen molar-refractivity contribution in [3.63, 3.8) is 0 Å². The molecule has 2 aliphatic rings. The highest BCUT2D eigenvalue weighted by atomic mass is 32.1. The van der Waals surface area contributed by atoms with Crippen molar-refractivity contribution in [1.82, 2.24) is 10.2 Å². The third-order valence-electron chi connectivity index (χ3n) is 6.60. The number of piperazine rings is 1. The molecule has 3 aromatic rings. The van der Waals surface area contributed by atoms with Crippen LogP contribution in [0.25, 0.3) is 10.1 Å². The number of fused-ring (bicyclic) bond motifs is 2. The summed E-state index contributed by atoms with van der Waals surface area (Å²) in [6.07, 6.45) is 3.27. The number of unbranched alkanes of at least 4 members (excludes halogenated alkanes) is 1. The fraction of sp³-hybridized carbons (Fsp3) is 0.385. The Bertz CT molecular complexity index is 1210. The molecule has 0 spiro atoms. The lowest BCUT2D eigenvalue weighted by atomic mass is 9.99. The molecule has 0 bridgehead atoms. The Kier molecular flexibility index (Phi) is 6.80. The molecule has 3 heterocycles. The van der Waals surface area contributed by atoms with Gasteiger partial charge in [0.25, 0.3) is 0 Å². The maximum atomic E-state index is 11.6. The van der Waals surface area contributed by atoms with Gasteiger partial charge in [0.2, 0.25) is 5.91 Å². The molecule has 8 heteroatoms. The van der Waals surface area contributed by atoms with E-state index in [1.165, 1.54) is 16.9 Å². The van der Waals surface area contributed by atoms with Crippen molar-refractivity contribution >= 4 is 39.0 Å². The van der Waals surface area contributed by atoms with Gasteiger partial charge < -0.3 is 20.5 Å². The summed E-state index contributed by atoms with van der Waals surface area (Å²) in [5.41, 5.74) is 3.22. The maximum absolute atomic E-state index is 11.6. The van der Waals surface area contributed by atoms with Crippen LogP contribution in [0.2, 0.25) is 0 Å². The Labute approximate surface area is 202 Å². The van der Waals surface area contributed by atoms with Gasteiger partial charge in [0, 0.05) is 48.6 Å². The van der Waals surface area contributed by atoms with Crippen LogP contribution < -0.4 is 15.4 Å². The number of aryl methyl sites for hydroxylation is 1. The van der Waals surface area contributed by atoms with Crippen LogP contribution in [0, 0.1) is 0 Å². The van der Waals surface area contributed by atoms with Crippen LogP contribution in [-0.4, -0.2) is 54.7 Å². The highest BCUT2D eigenvalue weighted by Gasteiger charge is 2.25. The molecule has 2 aromatic carbocycles. The van der Waals surface area contributed by atoms with Crippen LogP contribution in [0.4, 0.5) is 5.69 Å². The fourth-order valence-corrected chi connectivity index (χ4v) is 5.78. The Morgan fingerprint density at radius 1 is 1.18 bits per heavy atom. The summed E-state index contributed by atoms with van der Waals surface area (Å²) in [6, 6.07) is 14.1. The number of thiophene rings is 1. The van der Waals surface area contributed by atoms with Crippen molar-refractivity contribution in [2.45, 2.75) is 31.7 Å². The molecule has 0 radical (unpaired) electrons. The molecular weight excluding hydrogens is 450 g/mol. The molecule has 1 unspecified atom stereocenters. The second-order valence-corrected chi connectivity index (χ2v) is 9.94. The molecule has 0 saturated carbocycles. The molecular formula is C26H29N3O4S. The third-order valence-corrected chi connectivity index (χ3v) is 7.69. The molecule has 1 amide bonds. The van der Waals surface area contributed by atoms with E-state index in [1.54, 1.807) is 0 Å². The SMILES string of the molecule is O=C1CCc2ccc(OCCCCN3CCNCC3c3cccc4sc(C(=O)O)cc34)cc2N1. The quantitative estimate of drug-likeness (QED) is 0.418. The Balaban J connectivity index is 1.18. The Morgan fingerprint density at radius 3 is 2.97 bits per heavy atom. The number of aromatic carboxylic acids is 1. The number of rotatable bonds is 8. The average molecular weight is 480 g/mol. The van der Waals surface area contributed by atoms with Gasteiger partial charge >= 0.3 is 5.97 Å². The lowest BCUT2D eigenvalue weighted by Gasteiger charge is -2.37. The maximum Gasteiger partial charge on any atom is 0.345 e. The normalized spacial score (nSPS) is 18.5. The number of amides is 1. The number of hydrogen-bond donors (Lipinski definition) is 3. The minimum atomic E-state index is -0.868. The standard InChI is InChI=1S/C26H29N3O4S/c30-25-9-7-17-6-8-18(14-21(17)28-25)33-13-2-1-11-29-12-10-27-16-22(29)19-4-3-5-23-20(19)15-24(34-23)26(31)32/h3-6,8,14-15,22,27H,1-2,7,9-13,16H2,(H,28,30)(H,31,32). The third kappa shape index (κ3) is 4.94. The molecule has 5 rings (SSSR count). The zero-order valence-electron chi connectivity index (χ0n) is 19.0. The van der Waals surface area contributed by atoms with E-state index in [9.17, 15) is 14.7 Å². The first-order valence-corrected chi connectivity index (χ1v) is 12.7. The minimum Gasteiger partial charge on any atom is -0.494 e. The average Bonchev–Trinajstić information content (AvgIpc) is 3.29. The summed E-state index contributed by atoms with van der Waals surface area (Å²) in [6.45, 7) is 4.36. The number of nitrogens with one attached hydrogen (secondary N) is 2. The van der Waals surface area contributed by atoms with E-state index in [4.69, 9.17) is 4.74 Å². The molecule has 34 heavy (non-hydrogen) atoms. The molecule has 3 N–H and O–H groups in total. The highest BCUT2D eigenvalue weighted by Crippen LogP contribution is 2.34. The topological polar surface area (TPSA) is 90.9 Å². The second kappa shape index (κ2) is 10.1. The van der Waals surface area contributed by atoms with E-state index in [0.717, 1.165) is 72.5 Å². The summed E-state index contributed by atoms with van der Waals surface area (Å²) in [5.74, 6) is -0.0148. The number of ether oxygens (including phenoxy) is 1. The van der Waals surface area contributed by atoms with Crippen LogP contribution in [0.5, 0.6) is 5.75 Å². The summed E-state index contributed by atoms with van der Waals surface area (Å²) in [7, 11) is 0. The lowest BCUT2D eigenvalue weighted by molar-refractivity contribution is -0.116. The fourth-order valence-electron chi connectivity index (χ4n) is 4.85. The second-order valence-electron chi connectivity index (χ2n) is 8.85. The molecule has 178 valence electrons. The molecule has 7 nitrogen and oxygen atoms in total. The van der Waals surface area contributed by atoms with Crippen molar-refractivity contribution in [2.24, 2.45) is 0 Å². The van der Waals surface area contributed by atoms with E-state index >= 15 is 0 Å². The van der Waals surface area contributed by atoms with E-state index < -0.39 is 5.97 Å². The molecule has 1 saturated heterocycles. The number of benzene rings is 2. The predicted molar refractivity (Wildman–Crippen MR) is 134 cm³/mol. The van der Waals surface area contributed by atoms with Gasteiger partial charge in [-0.1, -0.05) is 18.2 Å². The highest BCUT2D eigenvalue weighted by molar-refractivity contribution is 7.20. The Hall–Kier alpha value is -2.94. The van der Waals surface area contributed by atoms with Gasteiger partial charge in [-0.05, 0) is 60.5 Å². The first-order chi connectivity index (χ1) is 16.6. The summed E-state index contributed by atoms with van der Waals surface area (Å²) in [4.78, 5) is 26.0. The van der Waals surface area contributed by atoms with E-state index in [-0.39, 0.29) is 11.9 Å². The zero-order valence-corrected chi connectivity index (χ0v) is 19.8. The van der Waals surface area contributed by atoms with E-state index in [1.807, 2.05) is 36.4 Å². The zero-order chi connectivity index (χ0) is 23.5. The minimum absolute atomic E-state index is 0.0625. The lowest BCUT2D eigenvalue weighted by Crippen LogP contribution is -2.46. The van der Waals surface area contributed by atoms with E-state index in [2.05, 4.69) is 21.6 Å². The molecule has 1 atom stereocenters. The van der Waals surface area contributed by atoms with Gasteiger partial charge in [-0.2, -0.15) is 0 Å². The van der Waals surface area contributed by atoms with Crippen LogP contribution in [0.3, 0.4) is 0 Å². The van der Waals surface area contributed by atoms with Gasteiger partial charge in [-0.25, -0.2) is 4.79 Å². The van der Waals surface area contributed by atoms with Crippen molar-refractivity contribution in [2.75, 3.05) is 38.1 Å². The molecule has 0 aliphatic carbocycles. The van der Waals surface area contributed by atoms with Crippen molar-refractivity contribution in [3.8, 4) is 5.75 Å². The number of anilines is 1. The van der Waals surface area contributed by atoms with Crippen LogP contribution >= 0.6 is 11.3 Å². The smallest absolute Gasteiger partial charge is 0.345 e. The van der Waals surface area contributed by atoms with Crippen molar-refractivity contribution in [3.05, 3.63) is 58.5 Å². The molecule has 2 aliphatic heterocycles. The first-order valence-electron chi connectivity index (χ1n) is 11.8. The van der Waals surface area contributed by atoms with Gasteiger partial charge in [-0.3, -0.25) is 9.69 Å². The summed E-state index contributed by atoms with van der Waals surface area (Å²) >= 11 is 1.34. The number of carboxylic acid groups (broad SMARTS) is 1. The van der Waals surface area contributed by atoms with Crippen LogP contribution in [0.1, 0.15) is 46.1 Å². The monoisotopic (exact) mass is 479 g/mol. The summed E-state index contributed by atoms with van der Waals surface area (Å²) < 4.78 is 6.98. The Morgan fingerprint density at radius 2 is 2.09 bits per heavy atom. The van der Waals surface area contributed by atoms with Gasteiger partial charge in [0.15, 0.2) is 0 Å². The largest absolute Gasteiger partial charge is 0.494 e.